The van der Waals surface area contributed by atoms with Crippen molar-refractivity contribution in [2.24, 2.45) is 0 Å². The largest absolute Gasteiger partial charge is 0.326 e. The van der Waals surface area contributed by atoms with E-state index in [1.165, 1.54) is 29.4 Å². The number of nitrogens with one attached hydrogen (secondary N) is 2. The van der Waals surface area contributed by atoms with Crippen molar-refractivity contribution < 1.29 is 4.79 Å². The number of fused-ring (bicyclic) bond motifs is 1. The van der Waals surface area contributed by atoms with Gasteiger partial charge in [-0.25, -0.2) is 0 Å². The molecule has 2 aromatic rings. The highest BCUT2D eigenvalue weighted by atomic mass is 16.1. The number of benzene rings is 1. The lowest BCUT2D eigenvalue weighted by Crippen LogP contribution is -2.30. The minimum absolute atomic E-state index is 0.0401. The summed E-state index contributed by atoms with van der Waals surface area (Å²) in [6, 6.07) is 8.05. The molecule has 1 aliphatic heterocycles. The maximum absolute atomic E-state index is 11.0. The number of amides is 1. The molecule has 0 saturated carbocycles. The molecule has 1 aromatic carbocycles. The molecule has 0 spiro atoms. The van der Waals surface area contributed by atoms with Crippen LogP contribution in [0.2, 0.25) is 0 Å². The maximum Gasteiger partial charge on any atom is 0.221 e. The van der Waals surface area contributed by atoms with Crippen molar-refractivity contribution in [3.05, 3.63) is 46.8 Å². The van der Waals surface area contributed by atoms with Gasteiger partial charge in [0.25, 0.3) is 0 Å². The van der Waals surface area contributed by atoms with E-state index in [0.29, 0.717) is 0 Å². The number of hydrogen-bond donors (Lipinski definition) is 2. The summed E-state index contributed by atoms with van der Waals surface area (Å²) in [5.41, 5.74) is 5.84. The van der Waals surface area contributed by atoms with Crippen LogP contribution in [0, 0.1) is 6.92 Å². The first-order valence-corrected chi connectivity index (χ1v) is 7.23. The van der Waals surface area contributed by atoms with Gasteiger partial charge < -0.3 is 5.32 Å². The fourth-order valence-electron chi connectivity index (χ4n) is 2.78. The van der Waals surface area contributed by atoms with Crippen LogP contribution in [-0.4, -0.2) is 27.5 Å². The Balaban J connectivity index is 1.65. The van der Waals surface area contributed by atoms with E-state index in [1.54, 1.807) is 0 Å². The van der Waals surface area contributed by atoms with E-state index in [9.17, 15) is 4.79 Å². The molecule has 0 fully saturated rings. The number of nitrogens with zero attached hydrogens (tertiary/aromatic N) is 2. The molecule has 0 atom stereocenters. The zero-order valence-electron chi connectivity index (χ0n) is 12.4. The van der Waals surface area contributed by atoms with E-state index >= 15 is 0 Å². The second-order valence-electron chi connectivity index (χ2n) is 5.61. The Morgan fingerprint density at radius 1 is 1.38 bits per heavy atom. The summed E-state index contributed by atoms with van der Waals surface area (Å²) < 4.78 is 0. The number of aryl methyl sites for hydroxylation is 1. The molecule has 3 rings (SSSR count). The van der Waals surface area contributed by atoms with Crippen LogP contribution in [0.4, 0.5) is 5.69 Å². The van der Waals surface area contributed by atoms with Crippen LogP contribution >= 0.6 is 0 Å². The van der Waals surface area contributed by atoms with Crippen LogP contribution in [0.1, 0.15) is 29.4 Å². The Morgan fingerprint density at radius 3 is 2.86 bits per heavy atom. The standard InChI is InChI=1S/C16H20N4O/c1-11-15-10-20(8-7-16(15)19-18-11)9-13-3-5-14(6-4-13)17-12(2)21/h3-6H,7-10H2,1-2H3,(H,17,21)(H,18,19). The van der Waals surface area contributed by atoms with Gasteiger partial charge in [-0.3, -0.25) is 14.8 Å². The Kier molecular flexibility index (Phi) is 3.75. The minimum atomic E-state index is -0.0401. The predicted molar refractivity (Wildman–Crippen MR) is 81.9 cm³/mol. The molecule has 0 unspecified atom stereocenters. The number of H-pyrrole nitrogens is 1. The van der Waals surface area contributed by atoms with Gasteiger partial charge in [0.2, 0.25) is 5.91 Å². The van der Waals surface area contributed by atoms with Crippen LogP contribution in [0.5, 0.6) is 0 Å². The monoisotopic (exact) mass is 284 g/mol. The smallest absolute Gasteiger partial charge is 0.221 e. The SMILES string of the molecule is CC(=O)Nc1ccc(CN2CCc3n[nH]c(C)c3C2)cc1. The molecule has 0 aliphatic carbocycles. The lowest BCUT2D eigenvalue weighted by Gasteiger charge is -2.26. The molecule has 2 heterocycles. The van der Waals surface area contributed by atoms with Gasteiger partial charge in [-0.05, 0) is 24.6 Å². The third-order valence-corrected chi connectivity index (χ3v) is 3.89. The molecule has 1 aromatic heterocycles. The van der Waals surface area contributed by atoms with Gasteiger partial charge in [0, 0.05) is 49.9 Å². The lowest BCUT2D eigenvalue weighted by molar-refractivity contribution is -0.114. The zero-order valence-corrected chi connectivity index (χ0v) is 12.4. The third kappa shape index (κ3) is 3.13. The first-order valence-electron chi connectivity index (χ1n) is 7.23. The Bertz CT molecular complexity index is 645. The van der Waals surface area contributed by atoms with Crippen molar-refractivity contribution in [2.75, 3.05) is 11.9 Å². The second-order valence-corrected chi connectivity index (χ2v) is 5.61. The second kappa shape index (κ2) is 5.69. The van der Waals surface area contributed by atoms with Gasteiger partial charge in [-0.1, -0.05) is 12.1 Å². The van der Waals surface area contributed by atoms with Crippen molar-refractivity contribution in [3.63, 3.8) is 0 Å². The summed E-state index contributed by atoms with van der Waals surface area (Å²) in [6.07, 6.45) is 1.00. The van der Waals surface area contributed by atoms with Gasteiger partial charge in [-0.2, -0.15) is 5.10 Å². The average Bonchev–Trinajstić information content (AvgIpc) is 2.82. The fourth-order valence-corrected chi connectivity index (χ4v) is 2.78. The summed E-state index contributed by atoms with van der Waals surface area (Å²) in [4.78, 5) is 13.4. The van der Waals surface area contributed by atoms with Gasteiger partial charge >= 0.3 is 0 Å². The van der Waals surface area contributed by atoms with Crippen molar-refractivity contribution in [3.8, 4) is 0 Å². The van der Waals surface area contributed by atoms with Crippen LogP contribution in [-0.2, 0) is 24.3 Å². The number of rotatable bonds is 3. The summed E-state index contributed by atoms with van der Waals surface area (Å²) in [6.45, 7) is 6.50. The molecule has 1 aliphatic rings. The van der Waals surface area contributed by atoms with Crippen molar-refractivity contribution >= 4 is 11.6 Å². The highest BCUT2D eigenvalue weighted by Crippen LogP contribution is 2.21. The molecule has 5 nitrogen and oxygen atoms in total. The first kappa shape index (κ1) is 13.8. The van der Waals surface area contributed by atoms with E-state index < -0.39 is 0 Å². The number of aromatic nitrogens is 2. The number of hydrogen-bond acceptors (Lipinski definition) is 3. The van der Waals surface area contributed by atoms with E-state index in [4.69, 9.17) is 0 Å². The predicted octanol–water partition coefficient (Wildman–Crippen LogP) is 2.23. The number of anilines is 1. The molecule has 1 amide bonds. The number of carbonyl (C=O) groups is 1. The molecule has 21 heavy (non-hydrogen) atoms. The van der Waals surface area contributed by atoms with Crippen molar-refractivity contribution in [1.29, 1.82) is 0 Å². The average molecular weight is 284 g/mol. The maximum atomic E-state index is 11.0. The topological polar surface area (TPSA) is 61.0 Å². The van der Waals surface area contributed by atoms with Gasteiger partial charge in [0.15, 0.2) is 0 Å². The normalized spacial score (nSPS) is 14.8. The van der Waals surface area contributed by atoms with Crippen LogP contribution in [0.3, 0.4) is 0 Å². The van der Waals surface area contributed by atoms with E-state index in [2.05, 4.69) is 39.5 Å². The molecular formula is C16H20N4O. The van der Waals surface area contributed by atoms with E-state index in [0.717, 1.165) is 31.7 Å². The third-order valence-electron chi connectivity index (χ3n) is 3.89. The van der Waals surface area contributed by atoms with Crippen LogP contribution in [0.15, 0.2) is 24.3 Å². The molecule has 0 radical (unpaired) electrons. The van der Waals surface area contributed by atoms with Gasteiger partial charge in [0.1, 0.15) is 0 Å². The lowest BCUT2D eigenvalue weighted by atomic mass is 10.0. The Hall–Kier alpha value is -2.14. The molecule has 0 saturated heterocycles. The minimum Gasteiger partial charge on any atom is -0.326 e. The van der Waals surface area contributed by atoms with Gasteiger partial charge in [-0.15, -0.1) is 0 Å². The zero-order chi connectivity index (χ0) is 14.8. The Morgan fingerprint density at radius 2 is 2.14 bits per heavy atom. The highest BCUT2D eigenvalue weighted by Gasteiger charge is 2.20. The van der Waals surface area contributed by atoms with Crippen LogP contribution in [0.25, 0.3) is 0 Å². The quantitative estimate of drug-likeness (QED) is 0.908. The summed E-state index contributed by atoms with van der Waals surface area (Å²) in [7, 11) is 0. The molecular weight excluding hydrogens is 264 g/mol. The van der Waals surface area contributed by atoms with Crippen molar-refractivity contribution in [2.45, 2.75) is 33.4 Å². The van der Waals surface area contributed by atoms with E-state index in [-0.39, 0.29) is 5.91 Å². The molecule has 110 valence electrons. The van der Waals surface area contributed by atoms with Crippen LogP contribution < -0.4 is 5.32 Å². The summed E-state index contributed by atoms with van der Waals surface area (Å²) >= 11 is 0. The Labute approximate surface area is 124 Å². The number of carbonyl (C=O) groups excluding carboxylic acids is 1. The molecule has 5 heteroatoms. The highest BCUT2D eigenvalue weighted by molar-refractivity contribution is 5.88. The summed E-state index contributed by atoms with van der Waals surface area (Å²) in [5, 5.41) is 10.2. The molecule has 2 N–H and O–H groups in total. The number of aromatic amines is 1. The van der Waals surface area contributed by atoms with Crippen molar-refractivity contribution in [1.82, 2.24) is 15.1 Å². The fraction of sp³-hybridized carbons (Fsp3) is 0.375. The summed E-state index contributed by atoms with van der Waals surface area (Å²) in [5.74, 6) is -0.0401. The van der Waals surface area contributed by atoms with E-state index in [1.807, 2.05) is 12.1 Å². The first-order chi connectivity index (χ1) is 10.1. The molecule has 0 bridgehead atoms. The van der Waals surface area contributed by atoms with Gasteiger partial charge in [0.05, 0.1) is 5.69 Å².